The average molecular weight is 456 g/mol. The van der Waals surface area contributed by atoms with Crippen molar-refractivity contribution in [2.45, 2.75) is 24.7 Å². The lowest BCUT2D eigenvalue weighted by molar-refractivity contribution is 0.270. The molecule has 1 aliphatic heterocycles. The van der Waals surface area contributed by atoms with E-state index in [0.29, 0.717) is 41.9 Å². The predicted octanol–water partition coefficient (Wildman–Crippen LogP) is 2.81. The Kier molecular flexibility index (Phi) is 5.11. The zero-order valence-electron chi connectivity index (χ0n) is 18.2. The maximum Gasteiger partial charge on any atom is 0.324 e. The Morgan fingerprint density at radius 2 is 1.84 bits per heavy atom. The van der Waals surface area contributed by atoms with Crippen LogP contribution in [0.1, 0.15) is 25.6 Å². The van der Waals surface area contributed by atoms with Crippen LogP contribution in [0.15, 0.2) is 46.1 Å². The molecule has 3 atom stereocenters. The largest absolute Gasteiger partial charge is 0.476 e. The number of piperidine rings is 1. The van der Waals surface area contributed by atoms with E-state index >= 15 is 0 Å². The van der Waals surface area contributed by atoms with Crippen LogP contribution in [-0.4, -0.2) is 54.5 Å². The molecular formula is C22H25N5O4S. The van der Waals surface area contributed by atoms with Gasteiger partial charge in [0.1, 0.15) is 0 Å². The quantitative estimate of drug-likeness (QED) is 0.531. The SMILES string of the molecule is CC(C)c1noc(N2CC3C(COc4cnc(-c5ccc(S(C)(=O)=O)cc5)cn4)[C@@H]3C2)n1. The number of sulfone groups is 1. The third kappa shape index (κ3) is 4.06. The minimum atomic E-state index is -3.22. The second-order valence-electron chi connectivity index (χ2n) is 8.83. The van der Waals surface area contributed by atoms with Crippen molar-refractivity contribution in [3.8, 4) is 17.1 Å². The molecule has 0 radical (unpaired) electrons. The van der Waals surface area contributed by atoms with E-state index in [1.807, 2.05) is 13.8 Å². The fourth-order valence-electron chi connectivity index (χ4n) is 4.24. The molecule has 3 heterocycles. The molecule has 10 heteroatoms. The summed E-state index contributed by atoms with van der Waals surface area (Å²) in [5.41, 5.74) is 1.46. The predicted molar refractivity (Wildman–Crippen MR) is 117 cm³/mol. The minimum Gasteiger partial charge on any atom is -0.476 e. The molecule has 1 aliphatic carbocycles. The van der Waals surface area contributed by atoms with Crippen LogP contribution < -0.4 is 9.64 Å². The van der Waals surface area contributed by atoms with Gasteiger partial charge in [-0.3, -0.25) is 0 Å². The Balaban J connectivity index is 1.13. The van der Waals surface area contributed by atoms with Gasteiger partial charge >= 0.3 is 6.01 Å². The molecule has 1 aromatic carbocycles. The highest BCUT2D eigenvalue weighted by Crippen LogP contribution is 2.52. The first-order chi connectivity index (χ1) is 15.3. The van der Waals surface area contributed by atoms with Crippen molar-refractivity contribution in [1.82, 2.24) is 20.1 Å². The first-order valence-corrected chi connectivity index (χ1v) is 12.5. The molecule has 2 aromatic heterocycles. The third-order valence-electron chi connectivity index (χ3n) is 6.22. The molecule has 1 saturated heterocycles. The Morgan fingerprint density at radius 1 is 1.12 bits per heavy atom. The molecule has 0 bridgehead atoms. The second kappa shape index (κ2) is 7.84. The van der Waals surface area contributed by atoms with Gasteiger partial charge in [-0.1, -0.05) is 31.1 Å². The molecule has 1 saturated carbocycles. The van der Waals surface area contributed by atoms with Crippen LogP contribution in [-0.2, 0) is 9.84 Å². The Hall–Kier alpha value is -3.01. The van der Waals surface area contributed by atoms with Crippen LogP contribution in [0.3, 0.4) is 0 Å². The van der Waals surface area contributed by atoms with E-state index in [4.69, 9.17) is 9.26 Å². The molecule has 2 unspecified atom stereocenters. The standard InChI is InChI=1S/C22H25N5O4S/c1-13(2)21-25-22(31-26-21)27-10-16-17(11-27)18(16)12-30-20-9-23-19(8-24-20)14-4-6-15(7-5-14)32(3,28)29/h4-9,13,16-18H,10-12H2,1-3H3/t16-,17?,18?/m1/s1. The van der Waals surface area contributed by atoms with E-state index in [1.165, 1.54) is 6.26 Å². The number of anilines is 1. The molecule has 3 aromatic rings. The topological polar surface area (TPSA) is 111 Å². The summed E-state index contributed by atoms with van der Waals surface area (Å²) in [4.78, 5) is 15.7. The Bertz CT molecular complexity index is 1200. The molecule has 2 aliphatic rings. The van der Waals surface area contributed by atoms with Gasteiger partial charge in [-0.15, -0.1) is 0 Å². The first kappa shape index (κ1) is 20.9. The maximum absolute atomic E-state index is 11.6. The second-order valence-corrected chi connectivity index (χ2v) is 10.8. The van der Waals surface area contributed by atoms with E-state index in [2.05, 4.69) is 25.0 Å². The van der Waals surface area contributed by atoms with Crippen LogP contribution in [0, 0.1) is 17.8 Å². The summed E-state index contributed by atoms with van der Waals surface area (Å²) in [6, 6.07) is 7.22. The van der Waals surface area contributed by atoms with Crippen molar-refractivity contribution in [3.05, 3.63) is 42.5 Å². The summed E-state index contributed by atoms with van der Waals surface area (Å²) in [7, 11) is -3.22. The van der Waals surface area contributed by atoms with Gasteiger partial charge in [-0.05, 0) is 24.0 Å². The van der Waals surface area contributed by atoms with E-state index in [-0.39, 0.29) is 10.8 Å². The molecule has 2 fully saturated rings. The number of rotatable bonds is 7. The van der Waals surface area contributed by atoms with E-state index in [9.17, 15) is 8.42 Å². The summed E-state index contributed by atoms with van der Waals surface area (Å²) in [6.45, 7) is 6.53. The van der Waals surface area contributed by atoms with Gasteiger partial charge in [0.25, 0.3) is 0 Å². The maximum atomic E-state index is 11.6. The normalized spacial score (nSPS) is 22.2. The highest BCUT2D eigenvalue weighted by atomic mass is 32.2. The molecule has 32 heavy (non-hydrogen) atoms. The van der Waals surface area contributed by atoms with Crippen molar-refractivity contribution in [1.29, 1.82) is 0 Å². The molecule has 0 amide bonds. The van der Waals surface area contributed by atoms with Gasteiger partial charge in [0, 0.05) is 36.7 Å². The van der Waals surface area contributed by atoms with Gasteiger partial charge in [0.15, 0.2) is 15.7 Å². The fourth-order valence-corrected chi connectivity index (χ4v) is 4.87. The summed E-state index contributed by atoms with van der Waals surface area (Å²) < 4.78 is 34.4. The van der Waals surface area contributed by atoms with Crippen molar-refractivity contribution in [2.24, 2.45) is 17.8 Å². The van der Waals surface area contributed by atoms with Crippen molar-refractivity contribution >= 4 is 15.9 Å². The van der Waals surface area contributed by atoms with Crippen molar-refractivity contribution in [2.75, 3.05) is 30.9 Å². The lowest BCUT2D eigenvalue weighted by Gasteiger charge is -2.16. The van der Waals surface area contributed by atoms with Crippen LogP contribution in [0.25, 0.3) is 11.3 Å². The number of benzene rings is 1. The zero-order chi connectivity index (χ0) is 22.5. The number of hydrogen-bond donors (Lipinski definition) is 0. The monoisotopic (exact) mass is 455 g/mol. The number of hydrogen-bond acceptors (Lipinski definition) is 9. The van der Waals surface area contributed by atoms with Gasteiger partial charge < -0.3 is 14.2 Å². The van der Waals surface area contributed by atoms with Crippen LogP contribution in [0.2, 0.25) is 0 Å². The summed E-state index contributed by atoms with van der Waals surface area (Å²) >= 11 is 0. The van der Waals surface area contributed by atoms with Crippen LogP contribution >= 0.6 is 0 Å². The van der Waals surface area contributed by atoms with Crippen molar-refractivity contribution < 1.29 is 17.7 Å². The van der Waals surface area contributed by atoms with Gasteiger partial charge in [-0.2, -0.15) is 4.98 Å². The summed E-state index contributed by atoms with van der Waals surface area (Å²) in [5.74, 6) is 3.14. The van der Waals surface area contributed by atoms with Crippen molar-refractivity contribution in [3.63, 3.8) is 0 Å². The minimum absolute atomic E-state index is 0.255. The zero-order valence-corrected chi connectivity index (χ0v) is 19.0. The molecular weight excluding hydrogens is 430 g/mol. The Morgan fingerprint density at radius 3 is 2.41 bits per heavy atom. The van der Waals surface area contributed by atoms with Crippen LogP contribution in [0.5, 0.6) is 5.88 Å². The lowest BCUT2D eigenvalue weighted by atomic mass is 10.2. The van der Waals surface area contributed by atoms with Gasteiger partial charge in [-0.25, -0.2) is 18.4 Å². The molecule has 5 rings (SSSR count). The average Bonchev–Trinajstić information content (AvgIpc) is 3.16. The van der Waals surface area contributed by atoms with Crippen LogP contribution in [0.4, 0.5) is 6.01 Å². The number of nitrogens with zero attached hydrogens (tertiary/aromatic N) is 5. The summed E-state index contributed by atoms with van der Waals surface area (Å²) in [6.07, 6.45) is 4.44. The first-order valence-electron chi connectivity index (χ1n) is 10.6. The van der Waals surface area contributed by atoms with E-state index < -0.39 is 9.84 Å². The molecule has 168 valence electrons. The number of ether oxygens (including phenoxy) is 1. The smallest absolute Gasteiger partial charge is 0.324 e. The fraction of sp³-hybridized carbons (Fsp3) is 0.455. The third-order valence-corrected chi connectivity index (χ3v) is 7.35. The Labute approximate surface area is 186 Å². The van der Waals surface area contributed by atoms with Gasteiger partial charge in [0.2, 0.25) is 5.88 Å². The number of fused-ring (bicyclic) bond motifs is 1. The molecule has 0 N–H and O–H groups in total. The highest BCUT2D eigenvalue weighted by molar-refractivity contribution is 7.90. The lowest BCUT2D eigenvalue weighted by Crippen LogP contribution is -2.25. The number of aromatic nitrogens is 4. The molecule has 0 spiro atoms. The summed E-state index contributed by atoms with van der Waals surface area (Å²) in [5, 5.41) is 4.04. The van der Waals surface area contributed by atoms with E-state index in [0.717, 1.165) is 24.5 Å². The highest BCUT2D eigenvalue weighted by Gasteiger charge is 2.56. The van der Waals surface area contributed by atoms with Gasteiger partial charge in [0.05, 0.1) is 29.6 Å². The molecule has 9 nitrogen and oxygen atoms in total. The van der Waals surface area contributed by atoms with E-state index in [1.54, 1.807) is 36.7 Å².